The van der Waals surface area contributed by atoms with Crippen LogP contribution in [0.4, 0.5) is 0 Å². The van der Waals surface area contributed by atoms with Crippen LogP contribution in [0.15, 0.2) is 66.1 Å². The van der Waals surface area contributed by atoms with Crippen LogP contribution in [0.5, 0.6) is 17.2 Å². The molecule has 2 N–H and O–H groups in total. The number of aromatic nitrogens is 4. The predicted molar refractivity (Wildman–Crippen MR) is 133 cm³/mol. The molecule has 4 aromatic rings. The fourth-order valence-electron chi connectivity index (χ4n) is 3.64. The zero-order valence-electron chi connectivity index (χ0n) is 19.5. The Kier molecular flexibility index (Phi) is 7.37. The fourth-order valence-corrected chi connectivity index (χ4v) is 4.52. The monoisotopic (exact) mass is 476 g/mol. The van der Waals surface area contributed by atoms with Gasteiger partial charge in [0.2, 0.25) is 0 Å². The smallest absolute Gasteiger partial charge is 0.192 e. The predicted octanol–water partition coefficient (Wildman–Crippen LogP) is 5.61. The third kappa shape index (κ3) is 5.34. The first-order chi connectivity index (χ1) is 16.5. The molecule has 2 aromatic heterocycles. The summed E-state index contributed by atoms with van der Waals surface area (Å²) in [4.78, 5) is 4.18. The third-order valence-electron chi connectivity index (χ3n) is 5.39. The Bertz CT molecular complexity index is 1240. The number of phenols is 2. The molecule has 2 heterocycles. The molecule has 0 aliphatic heterocycles. The minimum Gasteiger partial charge on any atom is -0.508 e. The molecule has 4 rings (SSSR count). The normalized spacial score (nSPS) is 11.2. The van der Waals surface area contributed by atoms with E-state index in [0.717, 1.165) is 27.6 Å². The van der Waals surface area contributed by atoms with E-state index < -0.39 is 0 Å². The number of rotatable bonds is 9. The highest BCUT2D eigenvalue weighted by Crippen LogP contribution is 2.38. The van der Waals surface area contributed by atoms with Gasteiger partial charge in [0.15, 0.2) is 11.0 Å². The van der Waals surface area contributed by atoms with E-state index in [0.29, 0.717) is 30.3 Å². The molecule has 0 unspecified atom stereocenters. The zero-order valence-corrected chi connectivity index (χ0v) is 20.3. The van der Waals surface area contributed by atoms with Gasteiger partial charge in [-0.2, -0.15) is 0 Å². The van der Waals surface area contributed by atoms with E-state index in [9.17, 15) is 10.2 Å². The van der Waals surface area contributed by atoms with E-state index in [2.05, 4.69) is 15.2 Å². The summed E-state index contributed by atoms with van der Waals surface area (Å²) in [6.45, 7) is 7.08. The maximum atomic E-state index is 10.7. The first-order valence-electron chi connectivity index (χ1n) is 11.2. The average molecular weight is 477 g/mol. The number of ether oxygens (including phenoxy) is 1. The van der Waals surface area contributed by atoms with Crippen molar-refractivity contribution in [2.45, 2.75) is 44.1 Å². The van der Waals surface area contributed by atoms with E-state index in [1.54, 1.807) is 24.0 Å². The van der Waals surface area contributed by atoms with Crippen molar-refractivity contribution in [1.29, 1.82) is 0 Å². The van der Waals surface area contributed by atoms with Crippen molar-refractivity contribution in [2.75, 3.05) is 6.61 Å². The number of phenolic OH excluding ortho intramolecular Hbond substituents is 2. The van der Waals surface area contributed by atoms with E-state index in [4.69, 9.17) is 4.74 Å². The molecule has 0 saturated carbocycles. The number of thioether (sulfide) groups is 1. The maximum absolute atomic E-state index is 10.7. The van der Waals surface area contributed by atoms with Gasteiger partial charge in [-0.15, -0.1) is 10.2 Å². The molecule has 0 saturated heterocycles. The highest BCUT2D eigenvalue weighted by Gasteiger charge is 2.20. The zero-order chi connectivity index (χ0) is 24.1. The summed E-state index contributed by atoms with van der Waals surface area (Å²) in [5.74, 6) is 2.17. The number of pyridine rings is 1. The van der Waals surface area contributed by atoms with Gasteiger partial charge < -0.3 is 14.9 Å². The van der Waals surface area contributed by atoms with Crippen LogP contribution in [-0.4, -0.2) is 36.6 Å². The number of aromatic hydroxyl groups is 2. The van der Waals surface area contributed by atoms with Crippen molar-refractivity contribution in [2.24, 2.45) is 0 Å². The molecular weight excluding hydrogens is 448 g/mol. The van der Waals surface area contributed by atoms with Gasteiger partial charge in [-0.25, -0.2) is 0 Å². The van der Waals surface area contributed by atoms with Crippen molar-refractivity contribution in [3.8, 4) is 28.6 Å². The quantitative estimate of drug-likeness (QED) is 0.303. The Hall–Kier alpha value is -3.52. The van der Waals surface area contributed by atoms with Gasteiger partial charge in [0.05, 0.1) is 18.7 Å². The third-order valence-corrected chi connectivity index (χ3v) is 6.43. The fraction of sp³-hybridized carbons (Fsp3) is 0.269. The van der Waals surface area contributed by atoms with Gasteiger partial charge in [-0.1, -0.05) is 43.8 Å². The Balaban J connectivity index is 1.73. The van der Waals surface area contributed by atoms with Crippen LogP contribution in [-0.2, 0) is 12.3 Å². The maximum Gasteiger partial charge on any atom is 0.192 e. The van der Waals surface area contributed by atoms with Crippen molar-refractivity contribution in [3.63, 3.8) is 0 Å². The van der Waals surface area contributed by atoms with Crippen LogP contribution in [0.3, 0.4) is 0 Å². The number of nitrogens with zero attached hydrogens (tertiary/aromatic N) is 4. The molecule has 0 bridgehead atoms. The molecule has 0 fully saturated rings. The van der Waals surface area contributed by atoms with Crippen molar-refractivity contribution >= 4 is 11.8 Å². The van der Waals surface area contributed by atoms with Crippen LogP contribution in [0.1, 0.15) is 43.4 Å². The van der Waals surface area contributed by atoms with Gasteiger partial charge in [-0.3, -0.25) is 9.55 Å². The molecule has 176 valence electrons. The highest BCUT2D eigenvalue weighted by atomic mass is 32.2. The molecule has 0 aliphatic carbocycles. The lowest BCUT2D eigenvalue weighted by Crippen LogP contribution is -2.05. The Morgan fingerprint density at radius 3 is 2.47 bits per heavy atom. The Morgan fingerprint density at radius 2 is 1.79 bits per heavy atom. The second-order valence-electron chi connectivity index (χ2n) is 8.20. The highest BCUT2D eigenvalue weighted by molar-refractivity contribution is 7.98. The van der Waals surface area contributed by atoms with Gasteiger partial charge in [0, 0.05) is 24.2 Å². The topological polar surface area (TPSA) is 93.3 Å². The largest absolute Gasteiger partial charge is 0.508 e. The van der Waals surface area contributed by atoms with Crippen LogP contribution < -0.4 is 4.74 Å². The SMILES string of the molecule is CCOc1ccc(Cn2c(SCc3cccnc3)nnc2-c2cc(C(C)C)c(O)cc2O)cc1. The lowest BCUT2D eigenvalue weighted by Gasteiger charge is -2.15. The molecule has 0 spiro atoms. The standard InChI is InChI=1S/C26H28N4O3S/c1-4-33-20-9-7-18(8-10-20)15-30-25(22-12-21(17(2)3)23(31)13-24(22)32)28-29-26(30)34-16-19-6-5-11-27-14-19/h5-14,17,31-32H,4,15-16H2,1-3H3. The molecule has 8 heteroatoms. The first-order valence-corrected chi connectivity index (χ1v) is 12.2. The van der Waals surface area contributed by atoms with Gasteiger partial charge in [-0.05, 0) is 53.8 Å². The summed E-state index contributed by atoms with van der Waals surface area (Å²) in [5, 5.41) is 30.6. The van der Waals surface area contributed by atoms with Crippen molar-refractivity contribution in [1.82, 2.24) is 19.7 Å². The average Bonchev–Trinajstić information content (AvgIpc) is 3.21. The van der Waals surface area contributed by atoms with Crippen LogP contribution in [0.2, 0.25) is 0 Å². The second-order valence-corrected chi connectivity index (χ2v) is 9.14. The Labute approximate surface area is 203 Å². The second kappa shape index (κ2) is 10.6. The molecule has 0 radical (unpaired) electrons. The Morgan fingerprint density at radius 1 is 1.00 bits per heavy atom. The van der Waals surface area contributed by atoms with E-state index in [1.165, 1.54) is 6.07 Å². The summed E-state index contributed by atoms with van der Waals surface area (Å²) >= 11 is 1.56. The molecule has 7 nitrogen and oxygen atoms in total. The molecule has 0 amide bonds. The lowest BCUT2D eigenvalue weighted by molar-refractivity contribution is 0.340. The van der Waals surface area contributed by atoms with Gasteiger partial charge in [0.1, 0.15) is 17.2 Å². The van der Waals surface area contributed by atoms with Crippen LogP contribution >= 0.6 is 11.8 Å². The van der Waals surface area contributed by atoms with E-state index in [1.807, 2.05) is 67.9 Å². The van der Waals surface area contributed by atoms with E-state index >= 15 is 0 Å². The van der Waals surface area contributed by atoms with Crippen LogP contribution in [0, 0.1) is 0 Å². The summed E-state index contributed by atoms with van der Waals surface area (Å²) in [6.07, 6.45) is 3.59. The van der Waals surface area contributed by atoms with E-state index in [-0.39, 0.29) is 17.4 Å². The molecular formula is C26H28N4O3S. The summed E-state index contributed by atoms with van der Waals surface area (Å²) in [5.41, 5.74) is 3.41. The van der Waals surface area contributed by atoms with Crippen molar-refractivity contribution in [3.05, 3.63) is 77.6 Å². The minimum absolute atomic E-state index is 0.0361. The lowest BCUT2D eigenvalue weighted by atomic mass is 9.98. The van der Waals surface area contributed by atoms with Crippen molar-refractivity contribution < 1.29 is 14.9 Å². The number of hydrogen-bond acceptors (Lipinski definition) is 7. The molecule has 0 atom stereocenters. The number of hydrogen-bond donors (Lipinski definition) is 2. The van der Waals surface area contributed by atoms with Gasteiger partial charge >= 0.3 is 0 Å². The number of benzene rings is 2. The summed E-state index contributed by atoms with van der Waals surface area (Å²) < 4.78 is 7.56. The van der Waals surface area contributed by atoms with Crippen LogP contribution in [0.25, 0.3) is 11.4 Å². The molecule has 34 heavy (non-hydrogen) atoms. The summed E-state index contributed by atoms with van der Waals surface area (Å²) in [7, 11) is 0. The van der Waals surface area contributed by atoms with Gasteiger partial charge in [0.25, 0.3) is 0 Å². The molecule has 2 aromatic carbocycles. The molecule has 0 aliphatic rings. The first kappa shape index (κ1) is 23.6. The minimum atomic E-state index is -0.0361. The summed E-state index contributed by atoms with van der Waals surface area (Å²) in [6, 6.07) is 15.0.